The summed E-state index contributed by atoms with van der Waals surface area (Å²) in [6, 6.07) is 7.73. The summed E-state index contributed by atoms with van der Waals surface area (Å²) in [6.45, 7) is 2.00. The van der Waals surface area contributed by atoms with Crippen LogP contribution in [0.3, 0.4) is 0 Å². The summed E-state index contributed by atoms with van der Waals surface area (Å²) in [5, 5.41) is 0.102. The van der Waals surface area contributed by atoms with Gasteiger partial charge in [0.2, 0.25) is 4.45 Å². The molecule has 6 heteroatoms. The molecule has 2 nitrogen and oxygen atoms in total. The van der Waals surface area contributed by atoms with E-state index in [1.807, 2.05) is 31.2 Å². The lowest BCUT2D eigenvalue weighted by atomic mass is 10.2. The molecule has 102 valence electrons. The Labute approximate surface area is 128 Å². The molecule has 1 saturated heterocycles. The molecule has 2 aliphatic rings. The molecule has 19 heavy (non-hydrogen) atoms. The third kappa shape index (κ3) is 2.62. The third-order valence-corrected chi connectivity index (χ3v) is 8.93. The van der Waals surface area contributed by atoms with Gasteiger partial charge in [0.15, 0.2) is 0 Å². The maximum Gasteiger partial charge on any atom is 0.246 e. The Morgan fingerprint density at radius 2 is 1.95 bits per heavy atom. The van der Waals surface area contributed by atoms with Crippen LogP contribution >= 0.6 is 35.1 Å². The van der Waals surface area contributed by atoms with E-state index in [-0.39, 0.29) is 25.6 Å². The van der Waals surface area contributed by atoms with Gasteiger partial charge in [0.25, 0.3) is 0 Å². The first kappa shape index (κ1) is 14.0. The van der Waals surface area contributed by atoms with Crippen molar-refractivity contribution in [2.75, 3.05) is 0 Å². The molecule has 0 amide bonds. The number of rotatable bonds is 2. The van der Waals surface area contributed by atoms with Crippen LogP contribution in [0.15, 0.2) is 29.2 Å². The van der Waals surface area contributed by atoms with Crippen LogP contribution < -0.4 is 0 Å². The third-order valence-electron chi connectivity index (χ3n) is 3.48. The van der Waals surface area contributed by atoms with E-state index >= 15 is 0 Å². The first-order valence-electron chi connectivity index (χ1n) is 6.05. The second kappa shape index (κ2) is 5.43. The van der Waals surface area contributed by atoms with Crippen molar-refractivity contribution in [2.24, 2.45) is 0 Å². The average molecular weight is 333 g/mol. The fraction of sp³-hybridized carbons (Fsp3) is 0.462. The van der Waals surface area contributed by atoms with Crippen LogP contribution in [0, 0.1) is 6.92 Å². The van der Waals surface area contributed by atoms with E-state index in [0.717, 1.165) is 16.9 Å². The van der Waals surface area contributed by atoms with Crippen molar-refractivity contribution in [3.8, 4) is 0 Å². The molecule has 1 unspecified atom stereocenters. The van der Waals surface area contributed by atoms with Gasteiger partial charge in [-0.1, -0.05) is 41.2 Å². The summed E-state index contributed by atoms with van der Waals surface area (Å²) in [5.74, 6) is 0. The van der Waals surface area contributed by atoms with Gasteiger partial charge in [-0.05, 0) is 25.5 Å². The summed E-state index contributed by atoms with van der Waals surface area (Å²) in [4.78, 5) is 12.3. The Bertz CT molecular complexity index is 531. The minimum absolute atomic E-state index is 0.0992. The van der Waals surface area contributed by atoms with Crippen molar-refractivity contribution < 1.29 is 9.00 Å². The topological polar surface area (TPSA) is 34.1 Å². The van der Waals surface area contributed by atoms with Crippen LogP contribution in [0.25, 0.3) is 0 Å². The van der Waals surface area contributed by atoms with Crippen molar-refractivity contribution in [3.63, 3.8) is 0 Å². The van der Waals surface area contributed by atoms with E-state index in [1.54, 1.807) is 0 Å². The highest BCUT2D eigenvalue weighted by molar-refractivity contribution is 8.41. The maximum absolute atomic E-state index is 12.7. The summed E-state index contributed by atoms with van der Waals surface area (Å²) in [7, 11) is -1.14. The van der Waals surface area contributed by atoms with Gasteiger partial charge in [-0.2, -0.15) is 0 Å². The SMILES string of the molecule is Cc1ccc(S(=O)[C@@H]2[C@H]3SC(=O)S[C@H]3C[C@H]2Cl)cc1. The second-order valence-electron chi connectivity index (χ2n) is 4.82. The van der Waals surface area contributed by atoms with Gasteiger partial charge in [0.05, 0.1) is 21.4 Å². The van der Waals surface area contributed by atoms with E-state index < -0.39 is 10.8 Å². The monoisotopic (exact) mass is 332 g/mol. The Balaban J connectivity index is 1.86. The highest BCUT2D eigenvalue weighted by atomic mass is 35.5. The molecule has 0 aromatic heterocycles. The minimum Gasteiger partial charge on any atom is -0.274 e. The summed E-state index contributed by atoms with van der Waals surface area (Å²) in [6.07, 6.45) is 0.776. The number of alkyl halides is 1. The van der Waals surface area contributed by atoms with Crippen LogP contribution in [0.5, 0.6) is 0 Å². The largest absolute Gasteiger partial charge is 0.274 e. The van der Waals surface area contributed by atoms with Gasteiger partial charge in [-0.15, -0.1) is 11.6 Å². The number of carbonyl (C=O) groups excluding carboxylic acids is 1. The zero-order valence-electron chi connectivity index (χ0n) is 10.2. The molecule has 1 aromatic carbocycles. The predicted molar refractivity (Wildman–Crippen MR) is 83.8 cm³/mol. The highest BCUT2D eigenvalue weighted by Gasteiger charge is 2.52. The van der Waals surface area contributed by atoms with E-state index in [9.17, 15) is 9.00 Å². The van der Waals surface area contributed by atoms with Crippen molar-refractivity contribution in [2.45, 2.75) is 39.4 Å². The van der Waals surface area contributed by atoms with E-state index in [0.29, 0.717) is 0 Å². The van der Waals surface area contributed by atoms with Crippen LogP contribution in [-0.4, -0.2) is 29.8 Å². The standard InChI is InChI=1S/C13H13ClO2S3/c1-7-2-4-8(5-3-7)19(16)12-9(14)6-10-11(12)18-13(15)17-10/h2-5,9-12H,6H2,1H3/t9-,10+,11+,12+,19?/m1/s1. The Morgan fingerprint density at radius 3 is 2.63 bits per heavy atom. The first-order chi connectivity index (χ1) is 9.06. The van der Waals surface area contributed by atoms with Gasteiger partial charge < -0.3 is 0 Å². The van der Waals surface area contributed by atoms with Crippen molar-refractivity contribution in [1.82, 2.24) is 0 Å². The Morgan fingerprint density at radius 1 is 1.26 bits per heavy atom. The van der Waals surface area contributed by atoms with E-state index in [4.69, 9.17) is 11.6 Å². The fourth-order valence-electron chi connectivity index (χ4n) is 2.51. The molecule has 1 saturated carbocycles. The Hall–Kier alpha value is 0.0300. The van der Waals surface area contributed by atoms with Gasteiger partial charge >= 0.3 is 0 Å². The molecular formula is C13H13ClO2S3. The van der Waals surface area contributed by atoms with Crippen molar-refractivity contribution in [3.05, 3.63) is 29.8 Å². The van der Waals surface area contributed by atoms with Crippen LogP contribution in [0.1, 0.15) is 12.0 Å². The molecule has 1 heterocycles. The molecule has 0 radical (unpaired) electrons. The first-order valence-corrected chi connectivity index (χ1v) is 9.46. The zero-order chi connectivity index (χ0) is 13.6. The van der Waals surface area contributed by atoms with Gasteiger partial charge in [-0.3, -0.25) is 9.00 Å². The van der Waals surface area contributed by atoms with Crippen LogP contribution in [0.4, 0.5) is 4.79 Å². The number of hydrogen-bond donors (Lipinski definition) is 0. The number of benzene rings is 1. The molecule has 1 aromatic rings. The number of aryl methyl sites for hydroxylation is 1. The van der Waals surface area contributed by atoms with Gasteiger partial charge in [-0.25, -0.2) is 0 Å². The number of hydrogen-bond acceptors (Lipinski definition) is 4. The number of thioether (sulfide) groups is 2. The second-order valence-corrected chi connectivity index (χ2v) is 9.61. The average Bonchev–Trinajstić information content (AvgIpc) is 2.84. The number of fused-ring (bicyclic) bond motifs is 1. The van der Waals surface area contributed by atoms with Gasteiger partial charge in [0, 0.05) is 15.4 Å². The summed E-state index contributed by atoms with van der Waals surface area (Å²) >= 11 is 9.06. The molecule has 1 aliphatic heterocycles. The quantitative estimate of drug-likeness (QED) is 0.771. The highest BCUT2D eigenvalue weighted by Crippen LogP contribution is 2.51. The lowest BCUT2D eigenvalue weighted by Gasteiger charge is -2.18. The fourth-order valence-corrected chi connectivity index (χ4v) is 8.36. The molecule has 5 atom stereocenters. The number of carbonyl (C=O) groups is 1. The molecule has 0 spiro atoms. The normalized spacial score (nSPS) is 35.4. The molecule has 0 N–H and O–H groups in total. The van der Waals surface area contributed by atoms with Crippen molar-refractivity contribution >= 4 is 50.4 Å². The summed E-state index contributed by atoms with van der Waals surface area (Å²) in [5.41, 5.74) is 1.15. The predicted octanol–water partition coefficient (Wildman–Crippen LogP) is 3.82. The van der Waals surface area contributed by atoms with E-state index in [1.165, 1.54) is 23.5 Å². The molecule has 2 fully saturated rings. The number of halogens is 1. The maximum atomic E-state index is 12.7. The molecule has 3 rings (SSSR count). The molecule has 1 aliphatic carbocycles. The smallest absolute Gasteiger partial charge is 0.246 e. The van der Waals surface area contributed by atoms with Gasteiger partial charge in [0.1, 0.15) is 0 Å². The van der Waals surface area contributed by atoms with Crippen LogP contribution in [0.2, 0.25) is 0 Å². The minimum atomic E-state index is -1.14. The summed E-state index contributed by atoms with van der Waals surface area (Å²) < 4.78 is 12.9. The van der Waals surface area contributed by atoms with E-state index in [2.05, 4.69) is 0 Å². The van der Waals surface area contributed by atoms with Crippen LogP contribution in [-0.2, 0) is 10.8 Å². The lowest BCUT2D eigenvalue weighted by Crippen LogP contribution is -2.30. The van der Waals surface area contributed by atoms with Crippen molar-refractivity contribution in [1.29, 1.82) is 0 Å². The lowest BCUT2D eigenvalue weighted by molar-refractivity contribution is 0.277. The molecule has 0 bridgehead atoms. The molecular weight excluding hydrogens is 320 g/mol. The zero-order valence-corrected chi connectivity index (χ0v) is 13.5. The Kier molecular flexibility index (Phi) is 4.00.